The Hall–Kier alpha value is -1.89. The highest BCUT2D eigenvalue weighted by molar-refractivity contribution is 9.10. The molecule has 0 saturated carbocycles. The molecule has 6 nitrogen and oxygen atoms in total. The fraction of sp³-hybridized carbons (Fsp3) is 0.308. The molecule has 0 aliphatic carbocycles. The van der Waals surface area contributed by atoms with Gasteiger partial charge in [0.1, 0.15) is 12.6 Å². The summed E-state index contributed by atoms with van der Waals surface area (Å²) in [7, 11) is 0. The Bertz CT molecular complexity index is 561. The predicted octanol–water partition coefficient (Wildman–Crippen LogP) is 1.46. The molecular formula is C13H13BrN2O4. The zero-order valence-corrected chi connectivity index (χ0v) is 12.1. The fourth-order valence-corrected chi connectivity index (χ4v) is 2.51. The van der Waals surface area contributed by atoms with Crippen molar-refractivity contribution in [2.75, 3.05) is 11.9 Å². The summed E-state index contributed by atoms with van der Waals surface area (Å²) in [6.07, 6.45) is 0.416. The van der Waals surface area contributed by atoms with Crippen molar-refractivity contribution in [2.24, 2.45) is 0 Å². The lowest BCUT2D eigenvalue weighted by molar-refractivity contribution is -0.147. The number of amides is 2. The van der Waals surface area contributed by atoms with E-state index in [0.29, 0.717) is 5.69 Å². The zero-order chi connectivity index (χ0) is 14.7. The van der Waals surface area contributed by atoms with E-state index in [1.807, 2.05) is 6.07 Å². The van der Waals surface area contributed by atoms with Gasteiger partial charge in [-0.1, -0.05) is 22.0 Å². The molecule has 7 heteroatoms. The Morgan fingerprint density at radius 3 is 2.85 bits per heavy atom. The molecule has 1 heterocycles. The van der Waals surface area contributed by atoms with Crippen molar-refractivity contribution in [1.29, 1.82) is 0 Å². The molecule has 0 aromatic heterocycles. The van der Waals surface area contributed by atoms with Crippen LogP contribution >= 0.6 is 15.9 Å². The molecule has 1 atom stereocenters. The molecule has 0 radical (unpaired) electrons. The lowest BCUT2D eigenvalue weighted by Crippen LogP contribution is -2.43. The molecule has 2 amide bonds. The predicted molar refractivity (Wildman–Crippen MR) is 75.1 cm³/mol. The summed E-state index contributed by atoms with van der Waals surface area (Å²) < 4.78 is 0.816. The van der Waals surface area contributed by atoms with Crippen LogP contribution in [0.2, 0.25) is 0 Å². The Kier molecular flexibility index (Phi) is 4.39. The molecule has 1 aromatic rings. The molecule has 106 valence electrons. The zero-order valence-electron chi connectivity index (χ0n) is 10.5. The van der Waals surface area contributed by atoms with Crippen LogP contribution in [-0.2, 0) is 14.4 Å². The molecule has 0 bridgehead atoms. The van der Waals surface area contributed by atoms with Crippen molar-refractivity contribution in [3.63, 3.8) is 0 Å². The fourth-order valence-electron chi connectivity index (χ4n) is 2.11. The molecule has 2 rings (SSSR count). The van der Waals surface area contributed by atoms with Crippen LogP contribution in [0.15, 0.2) is 28.7 Å². The summed E-state index contributed by atoms with van der Waals surface area (Å²) in [5.41, 5.74) is 0.586. The lowest BCUT2D eigenvalue weighted by Gasteiger charge is -2.20. The second kappa shape index (κ2) is 6.04. The van der Waals surface area contributed by atoms with E-state index in [0.717, 1.165) is 9.37 Å². The first kappa shape index (κ1) is 14.5. The molecule has 2 N–H and O–H groups in total. The third-order valence-corrected chi connectivity index (χ3v) is 3.53. The van der Waals surface area contributed by atoms with Crippen molar-refractivity contribution in [3.05, 3.63) is 28.7 Å². The molecule has 1 aliphatic rings. The topological polar surface area (TPSA) is 86.7 Å². The van der Waals surface area contributed by atoms with Crippen LogP contribution in [0.3, 0.4) is 0 Å². The number of halogens is 1. The minimum Gasteiger partial charge on any atom is -0.480 e. The number of hydrogen-bond acceptors (Lipinski definition) is 3. The summed E-state index contributed by atoms with van der Waals surface area (Å²) >= 11 is 3.28. The van der Waals surface area contributed by atoms with Crippen LogP contribution in [-0.4, -0.2) is 40.4 Å². The summed E-state index contributed by atoms with van der Waals surface area (Å²) in [6, 6.07) is 6.11. The number of aliphatic carboxylic acids is 1. The standard InChI is InChI=1S/C13H13BrN2O4/c14-8-2-1-3-9(6-8)15-11(17)7-16-10(13(19)20)4-5-12(16)18/h1-3,6,10H,4-5,7H2,(H,15,17)(H,19,20). The number of nitrogens with zero attached hydrogens (tertiary/aromatic N) is 1. The van der Waals surface area contributed by atoms with Gasteiger partial charge >= 0.3 is 5.97 Å². The summed E-state index contributed by atoms with van der Waals surface area (Å²) in [4.78, 5) is 35.6. The first-order chi connectivity index (χ1) is 9.47. The van der Waals surface area contributed by atoms with Gasteiger partial charge in [0.25, 0.3) is 0 Å². The maximum Gasteiger partial charge on any atom is 0.326 e. The van der Waals surface area contributed by atoms with Crippen LogP contribution in [0.5, 0.6) is 0 Å². The quantitative estimate of drug-likeness (QED) is 0.868. The van der Waals surface area contributed by atoms with Gasteiger partial charge in [-0.15, -0.1) is 0 Å². The van der Waals surface area contributed by atoms with Crippen LogP contribution in [0.1, 0.15) is 12.8 Å². The summed E-state index contributed by atoms with van der Waals surface area (Å²) in [5, 5.41) is 11.6. The second-order valence-corrected chi connectivity index (χ2v) is 5.39. The minimum atomic E-state index is -1.08. The molecule has 20 heavy (non-hydrogen) atoms. The number of carboxylic acid groups (broad SMARTS) is 1. The molecule has 1 unspecified atom stereocenters. The Morgan fingerprint density at radius 1 is 1.45 bits per heavy atom. The number of hydrogen-bond donors (Lipinski definition) is 2. The number of carbonyl (C=O) groups excluding carboxylic acids is 2. The highest BCUT2D eigenvalue weighted by Crippen LogP contribution is 2.19. The van der Waals surface area contributed by atoms with E-state index < -0.39 is 17.9 Å². The van der Waals surface area contributed by atoms with Crippen LogP contribution in [0.4, 0.5) is 5.69 Å². The largest absolute Gasteiger partial charge is 0.480 e. The highest BCUT2D eigenvalue weighted by Gasteiger charge is 2.36. The van der Waals surface area contributed by atoms with E-state index >= 15 is 0 Å². The number of nitrogens with one attached hydrogen (secondary N) is 1. The maximum absolute atomic E-state index is 11.9. The van der Waals surface area contributed by atoms with Crippen molar-refractivity contribution in [1.82, 2.24) is 4.90 Å². The lowest BCUT2D eigenvalue weighted by atomic mass is 10.2. The number of carboxylic acids is 1. The first-order valence-corrected chi connectivity index (χ1v) is 6.84. The number of likely N-dealkylation sites (tertiary alicyclic amines) is 1. The van der Waals surface area contributed by atoms with E-state index in [4.69, 9.17) is 5.11 Å². The molecule has 1 aliphatic heterocycles. The SMILES string of the molecule is O=C(CN1C(=O)CCC1C(=O)O)Nc1cccc(Br)c1. The van der Waals surface area contributed by atoms with Crippen molar-refractivity contribution >= 4 is 39.4 Å². The second-order valence-electron chi connectivity index (χ2n) is 4.47. The Labute approximate surface area is 123 Å². The van der Waals surface area contributed by atoms with Crippen molar-refractivity contribution in [2.45, 2.75) is 18.9 Å². The molecule has 1 aromatic carbocycles. The van der Waals surface area contributed by atoms with E-state index in [1.54, 1.807) is 18.2 Å². The van der Waals surface area contributed by atoms with Gasteiger partial charge in [0.05, 0.1) is 0 Å². The summed E-state index contributed by atoms with van der Waals surface area (Å²) in [6.45, 7) is -0.248. The average molecular weight is 341 g/mol. The minimum absolute atomic E-state index is 0.168. The van der Waals surface area contributed by atoms with Crippen molar-refractivity contribution < 1.29 is 19.5 Å². The van der Waals surface area contributed by atoms with E-state index in [-0.39, 0.29) is 25.3 Å². The Balaban J connectivity index is 2.00. The van der Waals surface area contributed by atoms with Gasteiger partial charge in [0.15, 0.2) is 0 Å². The van der Waals surface area contributed by atoms with Crippen LogP contribution in [0, 0.1) is 0 Å². The number of carbonyl (C=O) groups is 3. The number of benzene rings is 1. The normalized spacial score (nSPS) is 18.1. The number of rotatable bonds is 4. The molecular weight excluding hydrogens is 328 g/mol. The van der Waals surface area contributed by atoms with Gasteiger partial charge in [0.2, 0.25) is 11.8 Å². The van der Waals surface area contributed by atoms with Crippen LogP contribution in [0.25, 0.3) is 0 Å². The molecule has 1 saturated heterocycles. The van der Waals surface area contributed by atoms with E-state index in [2.05, 4.69) is 21.2 Å². The third-order valence-electron chi connectivity index (χ3n) is 3.04. The van der Waals surface area contributed by atoms with Crippen molar-refractivity contribution in [3.8, 4) is 0 Å². The van der Waals surface area contributed by atoms with Gasteiger partial charge in [0, 0.05) is 16.6 Å². The van der Waals surface area contributed by atoms with E-state index in [1.165, 1.54) is 0 Å². The number of anilines is 1. The maximum atomic E-state index is 11.9. The smallest absolute Gasteiger partial charge is 0.326 e. The van der Waals surface area contributed by atoms with Crippen LogP contribution < -0.4 is 5.32 Å². The molecule has 0 spiro atoms. The van der Waals surface area contributed by atoms with Gasteiger partial charge < -0.3 is 15.3 Å². The average Bonchev–Trinajstić information content (AvgIpc) is 2.71. The third kappa shape index (κ3) is 3.36. The van der Waals surface area contributed by atoms with Gasteiger partial charge in [-0.2, -0.15) is 0 Å². The van der Waals surface area contributed by atoms with Gasteiger partial charge in [-0.05, 0) is 24.6 Å². The van der Waals surface area contributed by atoms with Gasteiger partial charge in [-0.3, -0.25) is 9.59 Å². The molecule has 1 fully saturated rings. The monoisotopic (exact) mass is 340 g/mol. The van der Waals surface area contributed by atoms with Gasteiger partial charge in [-0.25, -0.2) is 4.79 Å². The Morgan fingerprint density at radius 2 is 2.20 bits per heavy atom. The summed E-state index contributed by atoms with van der Waals surface area (Å²) in [5.74, 6) is -1.79. The van der Waals surface area contributed by atoms with E-state index in [9.17, 15) is 14.4 Å². The highest BCUT2D eigenvalue weighted by atomic mass is 79.9. The first-order valence-electron chi connectivity index (χ1n) is 6.05.